The van der Waals surface area contributed by atoms with Crippen molar-refractivity contribution in [1.82, 2.24) is 15.5 Å². The summed E-state index contributed by atoms with van der Waals surface area (Å²) in [5, 5.41) is 16.7. The number of nitrogens with one attached hydrogen (secondary N) is 2. The van der Waals surface area contributed by atoms with Gasteiger partial charge in [-0.3, -0.25) is 14.9 Å². The van der Waals surface area contributed by atoms with Gasteiger partial charge in [-0.05, 0) is 23.8 Å². The maximum atomic E-state index is 12.4. The Kier molecular flexibility index (Phi) is 6.23. The summed E-state index contributed by atoms with van der Waals surface area (Å²) in [6.45, 7) is 5.84. The van der Waals surface area contributed by atoms with Gasteiger partial charge in [-0.1, -0.05) is 38.2 Å². The number of aryl methyl sites for hydroxylation is 1. The molecule has 1 unspecified atom stereocenters. The van der Waals surface area contributed by atoms with Gasteiger partial charge in [0.1, 0.15) is 11.0 Å². The Morgan fingerprint density at radius 1 is 1.30 bits per heavy atom. The summed E-state index contributed by atoms with van der Waals surface area (Å²) in [7, 11) is 0. The molecule has 0 radical (unpaired) electrons. The molecule has 2 amide bonds. The zero-order valence-electron chi connectivity index (χ0n) is 13.3. The molecule has 124 valence electrons. The van der Waals surface area contributed by atoms with Crippen molar-refractivity contribution < 1.29 is 9.59 Å². The standard InChI is InChI=1S/C15H20N4O2S2/c1-4-6-11-18-19-15(23-11)17-14(21)12(9(2)3)16-13(20)10-7-5-8-22-10/h5,7-9,12H,4,6H2,1-3H3,(H,16,20)(H,17,19,21). The van der Waals surface area contributed by atoms with Crippen LogP contribution in [0.4, 0.5) is 5.13 Å². The third-order valence-corrected chi connectivity index (χ3v) is 4.91. The molecule has 1 atom stereocenters. The summed E-state index contributed by atoms with van der Waals surface area (Å²) in [5.74, 6) is -0.552. The first-order valence-electron chi connectivity index (χ1n) is 7.48. The first-order valence-corrected chi connectivity index (χ1v) is 9.18. The minimum Gasteiger partial charge on any atom is -0.339 e. The summed E-state index contributed by atoms with van der Waals surface area (Å²) < 4.78 is 0. The number of carbonyl (C=O) groups is 2. The van der Waals surface area contributed by atoms with Crippen molar-refractivity contribution in [2.24, 2.45) is 5.92 Å². The number of hydrogen-bond acceptors (Lipinski definition) is 6. The highest BCUT2D eigenvalue weighted by Gasteiger charge is 2.26. The van der Waals surface area contributed by atoms with E-state index in [0.29, 0.717) is 10.0 Å². The summed E-state index contributed by atoms with van der Waals surface area (Å²) in [6.07, 6.45) is 1.82. The van der Waals surface area contributed by atoms with Gasteiger partial charge in [-0.15, -0.1) is 21.5 Å². The first kappa shape index (κ1) is 17.6. The summed E-state index contributed by atoms with van der Waals surface area (Å²) in [4.78, 5) is 25.2. The average molecular weight is 352 g/mol. The highest BCUT2D eigenvalue weighted by molar-refractivity contribution is 7.15. The highest BCUT2D eigenvalue weighted by Crippen LogP contribution is 2.18. The van der Waals surface area contributed by atoms with Crippen LogP contribution in [0.15, 0.2) is 17.5 Å². The molecule has 0 spiro atoms. The molecule has 23 heavy (non-hydrogen) atoms. The molecule has 0 aliphatic heterocycles. The van der Waals surface area contributed by atoms with Crippen molar-refractivity contribution >= 4 is 39.6 Å². The lowest BCUT2D eigenvalue weighted by molar-refractivity contribution is -0.118. The molecule has 2 N–H and O–H groups in total. The van der Waals surface area contributed by atoms with Crippen LogP contribution in [0.5, 0.6) is 0 Å². The van der Waals surface area contributed by atoms with Gasteiger partial charge >= 0.3 is 0 Å². The van der Waals surface area contributed by atoms with E-state index >= 15 is 0 Å². The van der Waals surface area contributed by atoms with Crippen molar-refractivity contribution in [3.8, 4) is 0 Å². The number of anilines is 1. The predicted molar refractivity (Wildman–Crippen MR) is 92.9 cm³/mol. The van der Waals surface area contributed by atoms with Gasteiger partial charge in [0.15, 0.2) is 0 Å². The number of thiophene rings is 1. The molecule has 0 fully saturated rings. The summed E-state index contributed by atoms with van der Waals surface area (Å²) in [6, 6.07) is 2.92. The van der Waals surface area contributed by atoms with E-state index in [2.05, 4.69) is 27.8 Å². The Labute approximate surface area is 143 Å². The molecule has 0 aliphatic rings. The SMILES string of the molecule is CCCc1nnc(NC(=O)C(NC(=O)c2cccs2)C(C)C)s1. The topological polar surface area (TPSA) is 84.0 Å². The van der Waals surface area contributed by atoms with Crippen LogP contribution in [0, 0.1) is 5.92 Å². The van der Waals surface area contributed by atoms with Crippen molar-refractivity contribution in [3.05, 3.63) is 27.4 Å². The Balaban J connectivity index is 2.01. The average Bonchev–Trinajstić information content (AvgIpc) is 3.16. The lowest BCUT2D eigenvalue weighted by Crippen LogP contribution is -2.46. The molecule has 2 aromatic rings. The molecule has 0 saturated carbocycles. The fourth-order valence-corrected chi connectivity index (χ4v) is 3.43. The van der Waals surface area contributed by atoms with Crippen molar-refractivity contribution in [2.75, 3.05) is 5.32 Å². The lowest BCUT2D eigenvalue weighted by Gasteiger charge is -2.20. The maximum absolute atomic E-state index is 12.4. The largest absolute Gasteiger partial charge is 0.339 e. The summed E-state index contributed by atoms with van der Waals surface area (Å²) in [5.41, 5.74) is 0. The number of rotatable bonds is 7. The van der Waals surface area contributed by atoms with Gasteiger partial charge in [0.05, 0.1) is 4.88 Å². The zero-order valence-corrected chi connectivity index (χ0v) is 15.0. The van der Waals surface area contributed by atoms with E-state index in [0.717, 1.165) is 17.8 Å². The fourth-order valence-electron chi connectivity index (χ4n) is 1.96. The fraction of sp³-hybridized carbons (Fsp3) is 0.467. The minimum atomic E-state index is -0.622. The number of hydrogen-bond donors (Lipinski definition) is 2. The van der Waals surface area contributed by atoms with Gasteiger partial charge in [0, 0.05) is 6.42 Å². The van der Waals surface area contributed by atoms with Gasteiger partial charge in [-0.25, -0.2) is 0 Å². The van der Waals surface area contributed by atoms with Crippen LogP contribution in [0.2, 0.25) is 0 Å². The molecular formula is C15H20N4O2S2. The van der Waals surface area contributed by atoms with E-state index in [1.165, 1.54) is 22.7 Å². The molecule has 2 aromatic heterocycles. The van der Waals surface area contributed by atoms with Gasteiger partial charge < -0.3 is 5.32 Å². The van der Waals surface area contributed by atoms with Gasteiger partial charge in [0.2, 0.25) is 11.0 Å². The highest BCUT2D eigenvalue weighted by atomic mass is 32.1. The van der Waals surface area contributed by atoms with E-state index in [9.17, 15) is 9.59 Å². The Morgan fingerprint density at radius 3 is 2.70 bits per heavy atom. The number of carbonyl (C=O) groups excluding carboxylic acids is 2. The second kappa shape index (κ2) is 8.16. The van der Waals surface area contributed by atoms with Gasteiger partial charge in [0.25, 0.3) is 5.91 Å². The molecular weight excluding hydrogens is 332 g/mol. The molecule has 2 heterocycles. The number of nitrogens with zero attached hydrogens (tertiary/aromatic N) is 2. The summed E-state index contributed by atoms with van der Waals surface area (Å²) >= 11 is 2.71. The smallest absolute Gasteiger partial charge is 0.262 e. The van der Waals surface area contributed by atoms with E-state index in [4.69, 9.17) is 0 Å². The third kappa shape index (κ3) is 4.84. The molecule has 2 rings (SSSR count). The second-order valence-corrected chi connectivity index (χ2v) is 7.42. The van der Waals surface area contributed by atoms with E-state index in [-0.39, 0.29) is 17.7 Å². The van der Waals surface area contributed by atoms with Gasteiger partial charge in [-0.2, -0.15) is 0 Å². The molecule has 8 heteroatoms. The van der Waals surface area contributed by atoms with Crippen LogP contribution in [0.3, 0.4) is 0 Å². The monoisotopic (exact) mass is 352 g/mol. The number of aromatic nitrogens is 2. The third-order valence-electron chi connectivity index (χ3n) is 3.14. The molecule has 0 saturated heterocycles. The van der Waals surface area contributed by atoms with Crippen LogP contribution in [0.25, 0.3) is 0 Å². The quantitative estimate of drug-likeness (QED) is 0.802. The Hall–Kier alpha value is -1.80. The maximum Gasteiger partial charge on any atom is 0.262 e. The molecule has 6 nitrogen and oxygen atoms in total. The molecule has 0 aliphatic carbocycles. The molecule has 0 bridgehead atoms. The van der Waals surface area contributed by atoms with Crippen molar-refractivity contribution in [1.29, 1.82) is 0 Å². The number of amides is 2. The molecule has 0 aromatic carbocycles. The van der Waals surface area contributed by atoms with Crippen LogP contribution in [-0.2, 0) is 11.2 Å². The predicted octanol–water partition coefficient (Wildman–Crippen LogP) is 2.95. The second-order valence-electron chi connectivity index (χ2n) is 5.41. The van der Waals surface area contributed by atoms with Crippen molar-refractivity contribution in [2.45, 2.75) is 39.7 Å². The lowest BCUT2D eigenvalue weighted by atomic mass is 10.0. The Bertz CT molecular complexity index is 652. The first-order chi connectivity index (χ1) is 11.0. The van der Waals surface area contributed by atoms with Crippen LogP contribution < -0.4 is 10.6 Å². The van der Waals surface area contributed by atoms with E-state index < -0.39 is 6.04 Å². The zero-order chi connectivity index (χ0) is 16.8. The normalized spacial score (nSPS) is 12.2. The van der Waals surface area contributed by atoms with E-state index in [1.54, 1.807) is 12.1 Å². The van der Waals surface area contributed by atoms with Crippen LogP contribution in [-0.4, -0.2) is 28.1 Å². The minimum absolute atomic E-state index is 0.0399. The van der Waals surface area contributed by atoms with Crippen LogP contribution in [0.1, 0.15) is 41.9 Å². The Morgan fingerprint density at radius 2 is 2.09 bits per heavy atom. The van der Waals surface area contributed by atoms with Crippen molar-refractivity contribution in [3.63, 3.8) is 0 Å². The van der Waals surface area contributed by atoms with Crippen LogP contribution >= 0.6 is 22.7 Å². The van der Waals surface area contributed by atoms with E-state index in [1.807, 2.05) is 19.2 Å².